The zero-order valence-corrected chi connectivity index (χ0v) is 16.4. The van der Waals surface area contributed by atoms with Gasteiger partial charge in [-0.2, -0.15) is 0 Å². The summed E-state index contributed by atoms with van der Waals surface area (Å²) in [7, 11) is -3.38. The number of nitrogens with one attached hydrogen (secondary N) is 1. The van der Waals surface area contributed by atoms with Gasteiger partial charge in [0.05, 0.1) is 20.4 Å². The summed E-state index contributed by atoms with van der Waals surface area (Å²) in [6.07, 6.45) is 0.350. The molecule has 26 heavy (non-hydrogen) atoms. The zero-order valence-electron chi connectivity index (χ0n) is 14.0. The average Bonchev–Trinajstić information content (AvgIpc) is 2.99. The zero-order chi connectivity index (χ0) is 18.7. The number of sulfone groups is 1. The molecule has 0 saturated heterocycles. The number of hydrogen-bond acceptors (Lipinski definition) is 5. The first-order valence-corrected chi connectivity index (χ1v) is 10.8. The molecule has 0 unspecified atom stereocenters. The number of aromatic nitrogens is 1. The summed E-state index contributed by atoms with van der Waals surface area (Å²) in [4.78, 5) is 16.7. The Hall–Kier alpha value is -1.96. The Kier molecular flexibility index (Phi) is 5.60. The van der Waals surface area contributed by atoms with Gasteiger partial charge in [0.1, 0.15) is 5.52 Å². The van der Waals surface area contributed by atoms with Gasteiger partial charge < -0.3 is 5.32 Å². The monoisotopic (exact) mass is 408 g/mol. The summed E-state index contributed by atoms with van der Waals surface area (Å²) >= 11 is 7.40. The Morgan fingerprint density at radius 2 is 1.92 bits per heavy atom. The number of thiazole rings is 1. The van der Waals surface area contributed by atoms with Gasteiger partial charge in [0.25, 0.3) is 0 Å². The normalized spacial score (nSPS) is 11.6. The Balaban J connectivity index is 1.56. The van der Waals surface area contributed by atoms with Crippen LogP contribution >= 0.6 is 22.9 Å². The molecule has 8 heteroatoms. The third kappa shape index (κ3) is 4.41. The minimum absolute atomic E-state index is 0.0743. The van der Waals surface area contributed by atoms with Crippen LogP contribution in [0.1, 0.15) is 18.4 Å². The Bertz CT molecular complexity index is 1040. The van der Waals surface area contributed by atoms with Crippen LogP contribution in [0.3, 0.4) is 0 Å². The number of aryl methyl sites for hydroxylation is 1. The number of carbonyl (C=O) groups is 1. The molecule has 0 spiro atoms. The van der Waals surface area contributed by atoms with Gasteiger partial charge in [-0.15, -0.1) is 0 Å². The molecule has 0 aliphatic rings. The van der Waals surface area contributed by atoms with E-state index in [-0.39, 0.29) is 29.4 Å². The third-order valence-electron chi connectivity index (χ3n) is 3.81. The first-order valence-electron chi connectivity index (χ1n) is 7.99. The fourth-order valence-corrected chi connectivity index (χ4v) is 4.93. The lowest BCUT2D eigenvalue weighted by Gasteiger charge is -2.05. The topological polar surface area (TPSA) is 76.1 Å². The molecule has 5 nitrogen and oxygen atoms in total. The molecule has 136 valence electrons. The average molecular weight is 409 g/mol. The molecule has 0 atom stereocenters. The van der Waals surface area contributed by atoms with Gasteiger partial charge in [-0.3, -0.25) is 4.79 Å². The van der Waals surface area contributed by atoms with Gasteiger partial charge in [-0.1, -0.05) is 46.7 Å². The summed E-state index contributed by atoms with van der Waals surface area (Å²) < 4.78 is 25.4. The van der Waals surface area contributed by atoms with E-state index in [0.717, 1.165) is 10.3 Å². The molecule has 1 N–H and O–H groups in total. The predicted octanol–water partition coefficient (Wildman–Crippen LogP) is 4.45. The van der Waals surface area contributed by atoms with E-state index in [1.807, 2.05) is 19.1 Å². The van der Waals surface area contributed by atoms with E-state index in [1.54, 1.807) is 30.3 Å². The Morgan fingerprint density at radius 1 is 1.19 bits per heavy atom. The predicted molar refractivity (Wildman–Crippen MR) is 106 cm³/mol. The van der Waals surface area contributed by atoms with Crippen molar-refractivity contribution in [2.75, 3.05) is 11.1 Å². The number of hydrogen-bond donors (Lipinski definition) is 1. The van der Waals surface area contributed by atoms with E-state index in [0.29, 0.717) is 15.7 Å². The first kappa shape index (κ1) is 18.8. The molecule has 3 rings (SSSR count). The highest BCUT2D eigenvalue weighted by atomic mass is 35.5. The van der Waals surface area contributed by atoms with Crippen LogP contribution in [0.2, 0.25) is 5.02 Å². The lowest BCUT2D eigenvalue weighted by molar-refractivity contribution is -0.116. The molecular weight excluding hydrogens is 392 g/mol. The molecule has 0 bridgehead atoms. The van der Waals surface area contributed by atoms with Gasteiger partial charge in [-0.05, 0) is 37.6 Å². The van der Waals surface area contributed by atoms with Crippen molar-refractivity contribution in [3.05, 3.63) is 53.1 Å². The number of para-hydroxylation sites is 1. The van der Waals surface area contributed by atoms with E-state index < -0.39 is 9.84 Å². The maximum Gasteiger partial charge on any atom is 0.226 e. The van der Waals surface area contributed by atoms with Crippen LogP contribution < -0.4 is 5.32 Å². The second-order valence-corrected chi connectivity index (χ2v) is 9.44. The molecular formula is C18H17ClN2O3S2. The highest BCUT2D eigenvalue weighted by molar-refractivity contribution is 7.91. The number of carbonyl (C=O) groups excluding carboxylic acids is 1. The fourth-order valence-electron chi connectivity index (χ4n) is 2.44. The number of anilines is 1. The number of amides is 1. The molecule has 0 aliphatic heterocycles. The number of fused-ring (bicyclic) bond motifs is 1. The van der Waals surface area contributed by atoms with Crippen molar-refractivity contribution in [2.24, 2.45) is 0 Å². The van der Waals surface area contributed by atoms with Gasteiger partial charge >= 0.3 is 0 Å². The van der Waals surface area contributed by atoms with Crippen LogP contribution in [0.15, 0.2) is 47.4 Å². The Labute approximate surface area is 160 Å². The summed E-state index contributed by atoms with van der Waals surface area (Å²) in [6, 6.07) is 12.2. The number of halogens is 1. The molecule has 1 heterocycles. The molecule has 1 amide bonds. The van der Waals surface area contributed by atoms with Crippen molar-refractivity contribution in [3.8, 4) is 0 Å². The van der Waals surface area contributed by atoms with Crippen LogP contribution in [0.4, 0.5) is 5.13 Å². The van der Waals surface area contributed by atoms with Gasteiger partial charge in [-0.25, -0.2) is 13.4 Å². The third-order valence-corrected chi connectivity index (χ3v) is 6.87. The van der Waals surface area contributed by atoms with E-state index >= 15 is 0 Å². The van der Waals surface area contributed by atoms with E-state index in [1.165, 1.54) is 11.3 Å². The number of rotatable bonds is 6. The molecule has 2 aromatic carbocycles. The minimum Gasteiger partial charge on any atom is -0.302 e. The second kappa shape index (κ2) is 7.73. The van der Waals surface area contributed by atoms with Gasteiger partial charge in [0.2, 0.25) is 5.91 Å². The number of benzene rings is 2. The smallest absolute Gasteiger partial charge is 0.226 e. The summed E-state index contributed by atoms with van der Waals surface area (Å²) in [5.41, 5.74) is 1.65. The van der Waals surface area contributed by atoms with Crippen molar-refractivity contribution < 1.29 is 13.2 Å². The van der Waals surface area contributed by atoms with Crippen LogP contribution in [0, 0.1) is 6.92 Å². The van der Waals surface area contributed by atoms with Crippen molar-refractivity contribution in [1.29, 1.82) is 0 Å². The Morgan fingerprint density at radius 3 is 2.62 bits per heavy atom. The summed E-state index contributed by atoms with van der Waals surface area (Å²) in [6.45, 7) is 1.90. The van der Waals surface area contributed by atoms with Crippen molar-refractivity contribution >= 4 is 54.0 Å². The van der Waals surface area contributed by atoms with Gasteiger partial charge in [0, 0.05) is 6.42 Å². The molecule has 1 aromatic heterocycles. The highest BCUT2D eigenvalue weighted by Crippen LogP contribution is 2.30. The summed E-state index contributed by atoms with van der Waals surface area (Å²) in [5, 5.41) is 3.70. The maximum absolute atomic E-state index is 12.3. The van der Waals surface area contributed by atoms with E-state index in [4.69, 9.17) is 11.6 Å². The summed E-state index contributed by atoms with van der Waals surface area (Å²) in [5.74, 6) is -0.339. The van der Waals surface area contributed by atoms with E-state index in [9.17, 15) is 13.2 Å². The van der Waals surface area contributed by atoms with Gasteiger partial charge in [0.15, 0.2) is 15.0 Å². The van der Waals surface area contributed by atoms with Crippen molar-refractivity contribution in [1.82, 2.24) is 4.98 Å². The van der Waals surface area contributed by atoms with E-state index in [2.05, 4.69) is 10.3 Å². The molecule has 3 aromatic rings. The molecule has 0 fully saturated rings. The quantitative estimate of drug-likeness (QED) is 0.653. The lowest BCUT2D eigenvalue weighted by atomic mass is 10.2. The number of nitrogens with zero attached hydrogens (tertiary/aromatic N) is 1. The van der Waals surface area contributed by atoms with Crippen LogP contribution in [0.5, 0.6) is 0 Å². The van der Waals surface area contributed by atoms with Crippen molar-refractivity contribution in [3.63, 3.8) is 0 Å². The molecule has 0 aliphatic carbocycles. The minimum atomic E-state index is -3.38. The van der Waals surface area contributed by atoms with Crippen molar-refractivity contribution in [2.45, 2.75) is 24.7 Å². The standard InChI is InChI=1S/C18H17ClN2O3S2/c1-12-7-9-13(10-8-12)26(23,24)11-3-6-16(22)20-18-21-17-14(19)4-2-5-15(17)25-18/h2,4-5,7-10H,3,6,11H2,1H3,(H,20,21,22). The van der Waals surface area contributed by atoms with Crippen LogP contribution in [-0.2, 0) is 14.6 Å². The fraction of sp³-hybridized carbons (Fsp3) is 0.222. The SMILES string of the molecule is Cc1ccc(S(=O)(=O)CCCC(=O)Nc2nc3c(Cl)cccc3s2)cc1. The van der Waals surface area contributed by atoms with Crippen LogP contribution in [-0.4, -0.2) is 25.1 Å². The van der Waals surface area contributed by atoms with Crippen LogP contribution in [0.25, 0.3) is 10.2 Å². The molecule has 0 saturated carbocycles. The maximum atomic E-state index is 12.3. The highest BCUT2D eigenvalue weighted by Gasteiger charge is 2.15. The first-order chi connectivity index (χ1) is 12.3. The second-order valence-electron chi connectivity index (χ2n) is 5.89. The molecule has 0 radical (unpaired) electrons. The lowest BCUT2D eigenvalue weighted by Crippen LogP contribution is -2.14. The largest absolute Gasteiger partial charge is 0.302 e.